The molecule has 0 aromatic carbocycles. The number of ether oxygens (including phenoxy) is 2. The van der Waals surface area contributed by atoms with Crippen molar-refractivity contribution >= 4 is 11.9 Å². The summed E-state index contributed by atoms with van der Waals surface area (Å²) in [5, 5.41) is 0. The maximum Gasteiger partial charge on any atom is 0.362 e. The van der Waals surface area contributed by atoms with Gasteiger partial charge in [-0.3, -0.25) is 0 Å². The van der Waals surface area contributed by atoms with Gasteiger partial charge in [0, 0.05) is 10.8 Å². The van der Waals surface area contributed by atoms with Gasteiger partial charge in [-0.05, 0) is 80.5 Å². The van der Waals surface area contributed by atoms with E-state index in [-0.39, 0.29) is 45.8 Å². The van der Waals surface area contributed by atoms with Crippen molar-refractivity contribution in [2.45, 2.75) is 112 Å². The van der Waals surface area contributed by atoms with Gasteiger partial charge < -0.3 is 14.0 Å². The molecule has 0 spiro atoms. The van der Waals surface area contributed by atoms with E-state index in [0.717, 1.165) is 51.6 Å². The lowest BCUT2D eigenvalue weighted by Crippen LogP contribution is -2.58. The Morgan fingerprint density at radius 1 is 0.706 bits per heavy atom. The van der Waals surface area contributed by atoms with Crippen molar-refractivity contribution in [1.29, 1.82) is 0 Å². The highest BCUT2D eigenvalue weighted by Crippen LogP contribution is 2.67. The van der Waals surface area contributed by atoms with Gasteiger partial charge in [-0.1, -0.05) is 41.5 Å². The molecule has 4 bridgehead atoms. The molecule has 1 saturated heterocycles. The Hall–Kier alpha value is -1.10. The van der Waals surface area contributed by atoms with Gasteiger partial charge in [-0.15, -0.1) is 0 Å². The van der Waals surface area contributed by atoms with Gasteiger partial charge in [0.25, 0.3) is 0 Å². The molecule has 34 heavy (non-hydrogen) atoms. The van der Waals surface area contributed by atoms with Gasteiger partial charge in [-0.25, -0.2) is 9.59 Å². The molecule has 5 heteroatoms. The molecule has 5 aliphatic rings. The molecule has 0 unspecified atom stereocenters. The van der Waals surface area contributed by atoms with Gasteiger partial charge in [0.15, 0.2) is 13.1 Å². The second-order valence-electron chi connectivity index (χ2n) is 14.3. The van der Waals surface area contributed by atoms with Gasteiger partial charge >= 0.3 is 11.9 Å². The Bertz CT molecular complexity index is 781. The summed E-state index contributed by atoms with van der Waals surface area (Å²) < 4.78 is 12.9. The number of quaternary nitrogens is 1. The third-order valence-corrected chi connectivity index (χ3v) is 12.7. The second kappa shape index (κ2) is 7.95. The molecule has 1 heterocycles. The first-order valence-electron chi connectivity index (χ1n) is 14.1. The van der Waals surface area contributed by atoms with Crippen molar-refractivity contribution in [2.75, 3.05) is 26.2 Å². The maximum atomic E-state index is 13.3. The van der Waals surface area contributed by atoms with Crippen molar-refractivity contribution in [3.63, 3.8) is 0 Å². The molecule has 5 nitrogen and oxygen atoms in total. The Balaban J connectivity index is 1.23. The lowest BCUT2D eigenvalue weighted by atomic mass is 9.70. The molecule has 0 aromatic rings. The topological polar surface area (TPSA) is 52.6 Å². The van der Waals surface area contributed by atoms with Crippen molar-refractivity contribution < 1.29 is 23.5 Å². The van der Waals surface area contributed by atoms with E-state index in [4.69, 9.17) is 9.47 Å². The van der Waals surface area contributed by atoms with Crippen LogP contribution in [0.4, 0.5) is 0 Å². The van der Waals surface area contributed by atoms with Gasteiger partial charge in [0.05, 0.1) is 13.1 Å². The van der Waals surface area contributed by atoms with Crippen LogP contribution in [0.3, 0.4) is 0 Å². The minimum Gasteiger partial charge on any atom is -0.458 e. The summed E-state index contributed by atoms with van der Waals surface area (Å²) in [6, 6.07) is 0. The maximum absolute atomic E-state index is 13.3. The van der Waals surface area contributed by atoms with E-state index in [0.29, 0.717) is 29.4 Å². The molecule has 4 aliphatic carbocycles. The summed E-state index contributed by atoms with van der Waals surface area (Å²) in [6.45, 7) is 16.4. The highest BCUT2D eigenvalue weighted by atomic mass is 16.6. The molecular weight excluding hydrogens is 426 g/mol. The normalized spacial score (nSPS) is 43.1. The molecule has 192 valence electrons. The number of piperidine rings is 1. The Morgan fingerprint density at radius 2 is 1.12 bits per heavy atom. The fourth-order valence-corrected chi connectivity index (χ4v) is 9.11. The monoisotopic (exact) mass is 474 g/mol. The van der Waals surface area contributed by atoms with E-state index in [9.17, 15) is 9.59 Å². The number of hydrogen-bond donors (Lipinski definition) is 0. The number of likely N-dealkylation sites (tertiary alicyclic amines) is 1. The minimum absolute atomic E-state index is 0.0155. The quantitative estimate of drug-likeness (QED) is 0.377. The number of carbonyl (C=O) groups excluding carboxylic acids is 2. The Labute approximate surface area is 206 Å². The predicted molar refractivity (Wildman–Crippen MR) is 132 cm³/mol. The standard InChI is InChI=1S/C29H48NO4/c1-26(2)20-10-12-28(26,5)22(16-20)33-24(31)18-30(14-8-7-9-15-30)19-25(32)34-23-17-21-11-13-29(23,6)27(21,3)4/h20-23H,7-19H2,1-6H3/q+1/t20-,21+,22-,23+,28-,29-/m1/s1. The van der Waals surface area contributed by atoms with E-state index < -0.39 is 0 Å². The number of nitrogens with zero attached hydrogens (tertiary/aromatic N) is 1. The second-order valence-corrected chi connectivity index (χ2v) is 14.3. The Morgan fingerprint density at radius 3 is 1.44 bits per heavy atom. The van der Waals surface area contributed by atoms with Crippen LogP contribution < -0.4 is 0 Å². The van der Waals surface area contributed by atoms with Crippen molar-refractivity contribution in [2.24, 2.45) is 33.5 Å². The zero-order valence-electron chi connectivity index (χ0n) is 22.6. The first kappa shape index (κ1) is 24.6. The summed E-state index contributed by atoms with van der Waals surface area (Å²) in [5.41, 5.74) is 0.597. The van der Waals surface area contributed by atoms with Crippen molar-refractivity contribution in [3.05, 3.63) is 0 Å². The third-order valence-electron chi connectivity index (χ3n) is 12.7. The fourth-order valence-electron chi connectivity index (χ4n) is 9.11. The highest BCUT2D eigenvalue weighted by Gasteiger charge is 2.64. The highest BCUT2D eigenvalue weighted by molar-refractivity contribution is 5.73. The van der Waals surface area contributed by atoms with E-state index in [2.05, 4.69) is 41.5 Å². The summed E-state index contributed by atoms with van der Waals surface area (Å²) in [5.74, 6) is 1.07. The molecule has 0 radical (unpaired) electrons. The van der Waals surface area contributed by atoms with Crippen LogP contribution in [0.1, 0.15) is 99.3 Å². The van der Waals surface area contributed by atoms with Crippen LogP contribution in [-0.2, 0) is 19.1 Å². The van der Waals surface area contributed by atoms with Crippen LogP contribution in [0, 0.1) is 33.5 Å². The van der Waals surface area contributed by atoms with Crippen LogP contribution in [0.2, 0.25) is 0 Å². The largest absolute Gasteiger partial charge is 0.458 e. The molecule has 6 atom stereocenters. The number of rotatable bonds is 6. The van der Waals surface area contributed by atoms with Crippen LogP contribution in [0.15, 0.2) is 0 Å². The summed E-state index contributed by atoms with van der Waals surface area (Å²) in [7, 11) is 0. The van der Waals surface area contributed by atoms with Crippen molar-refractivity contribution in [1.82, 2.24) is 0 Å². The summed E-state index contributed by atoms with van der Waals surface area (Å²) >= 11 is 0. The SMILES string of the molecule is CC1(C)[C@H]2CC[C@]1(C)[C@@H](OC(=O)C[N+]1(CC(=O)O[C@@H]3C[C@H]4CC[C@@]3(C)C4(C)C)CCCCC1)C2. The van der Waals surface area contributed by atoms with Gasteiger partial charge in [-0.2, -0.15) is 0 Å². The van der Waals surface area contributed by atoms with E-state index in [1.165, 1.54) is 19.3 Å². The summed E-state index contributed by atoms with van der Waals surface area (Å²) in [4.78, 5) is 26.6. The van der Waals surface area contributed by atoms with E-state index >= 15 is 0 Å². The van der Waals surface area contributed by atoms with E-state index in [1.807, 2.05) is 0 Å². The molecule has 0 amide bonds. The molecule has 1 aliphatic heterocycles. The number of esters is 2. The lowest BCUT2D eigenvalue weighted by Gasteiger charge is -2.42. The third kappa shape index (κ3) is 3.50. The molecule has 0 N–H and O–H groups in total. The van der Waals surface area contributed by atoms with Crippen molar-refractivity contribution in [3.8, 4) is 0 Å². The predicted octanol–water partition coefficient (Wildman–Crippen LogP) is 5.50. The van der Waals surface area contributed by atoms with Crippen LogP contribution in [-0.4, -0.2) is 54.8 Å². The van der Waals surface area contributed by atoms with Gasteiger partial charge in [0.2, 0.25) is 0 Å². The smallest absolute Gasteiger partial charge is 0.362 e. The average molecular weight is 475 g/mol. The van der Waals surface area contributed by atoms with E-state index in [1.54, 1.807) is 0 Å². The van der Waals surface area contributed by atoms with Gasteiger partial charge in [0.1, 0.15) is 12.2 Å². The first-order chi connectivity index (χ1) is 15.8. The minimum atomic E-state index is -0.114. The zero-order valence-corrected chi connectivity index (χ0v) is 22.6. The van der Waals surface area contributed by atoms with Crippen LogP contribution >= 0.6 is 0 Å². The first-order valence-corrected chi connectivity index (χ1v) is 14.1. The lowest BCUT2D eigenvalue weighted by molar-refractivity contribution is -0.919. The molecule has 5 rings (SSSR count). The molecule has 4 saturated carbocycles. The molecular formula is C29H48NO4+. The van der Waals surface area contributed by atoms with Crippen LogP contribution in [0.25, 0.3) is 0 Å². The number of carbonyl (C=O) groups is 2. The number of hydrogen-bond acceptors (Lipinski definition) is 4. The summed E-state index contributed by atoms with van der Waals surface area (Å²) in [6.07, 6.45) is 10.1. The fraction of sp³-hybridized carbons (Fsp3) is 0.931. The van der Waals surface area contributed by atoms with Crippen LogP contribution in [0.5, 0.6) is 0 Å². The zero-order chi connectivity index (χ0) is 24.6. The average Bonchev–Trinajstić information content (AvgIpc) is 3.26. The molecule has 5 fully saturated rings. The number of fused-ring (bicyclic) bond motifs is 4. The molecule has 0 aromatic heterocycles. The Kier molecular flexibility index (Phi) is 5.75.